The second kappa shape index (κ2) is 5.29. The summed E-state index contributed by atoms with van der Waals surface area (Å²) in [5.41, 5.74) is 6.98. The van der Waals surface area contributed by atoms with E-state index in [0.717, 1.165) is 19.4 Å². The van der Waals surface area contributed by atoms with Crippen molar-refractivity contribution in [2.24, 2.45) is 0 Å². The number of nitrogens with two attached hydrogens (primary N) is 1. The lowest BCUT2D eigenvalue weighted by Gasteiger charge is -2.23. The molecular weight excluding hydrogens is 228 g/mol. The van der Waals surface area contributed by atoms with Gasteiger partial charge in [-0.3, -0.25) is 4.79 Å². The molecule has 0 spiro atoms. The zero-order chi connectivity index (χ0) is 13.1. The van der Waals surface area contributed by atoms with Crippen molar-refractivity contribution in [1.82, 2.24) is 4.90 Å². The monoisotopic (exact) mass is 248 g/mol. The molecule has 1 atom stereocenters. The van der Waals surface area contributed by atoms with Crippen LogP contribution >= 0.6 is 0 Å². The van der Waals surface area contributed by atoms with E-state index in [9.17, 15) is 4.79 Å². The Morgan fingerprint density at radius 2 is 2.33 bits per heavy atom. The summed E-state index contributed by atoms with van der Waals surface area (Å²) in [4.78, 5) is 14.4. The topological polar surface area (TPSA) is 55.6 Å². The molecule has 1 unspecified atom stereocenters. The van der Waals surface area contributed by atoms with E-state index in [0.29, 0.717) is 29.6 Å². The van der Waals surface area contributed by atoms with Crippen molar-refractivity contribution in [2.75, 3.05) is 18.9 Å². The predicted octanol–water partition coefficient (Wildman–Crippen LogP) is 2.29. The van der Waals surface area contributed by atoms with Crippen molar-refractivity contribution >= 4 is 11.6 Å². The van der Waals surface area contributed by atoms with Gasteiger partial charge in [0.25, 0.3) is 5.91 Å². The second-order valence-electron chi connectivity index (χ2n) is 4.65. The summed E-state index contributed by atoms with van der Waals surface area (Å²) < 4.78 is 5.51. The number of benzene rings is 1. The summed E-state index contributed by atoms with van der Waals surface area (Å²) >= 11 is 0. The maximum absolute atomic E-state index is 12.5. The molecule has 4 nitrogen and oxygen atoms in total. The Labute approximate surface area is 108 Å². The molecule has 1 saturated heterocycles. The van der Waals surface area contributed by atoms with Gasteiger partial charge >= 0.3 is 0 Å². The van der Waals surface area contributed by atoms with Crippen LogP contribution in [0.4, 0.5) is 5.69 Å². The molecule has 0 saturated carbocycles. The van der Waals surface area contributed by atoms with Crippen LogP contribution in [0.5, 0.6) is 5.75 Å². The number of nitrogens with zero attached hydrogens (tertiary/aromatic N) is 1. The number of amides is 1. The van der Waals surface area contributed by atoms with Gasteiger partial charge in [0.05, 0.1) is 17.9 Å². The third kappa shape index (κ3) is 2.28. The number of anilines is 1. The van der Waals surface area contributed by atoms with Crippen molar-refractivity contribution in [2.45, 2.75) is 32.7 Å². The summed E-state index contributed by atoms with van der Waals surface area (Å²) in [6.45, 7) is 5.29. The van der Waals surface area contributed by atoms with E-state index in [1.54, 1.807) is 18.2 Å². The van der Waals surface area contributed by atoms with Crippen molar-refractivity contribution < 1.29 is 9.53 Å². The van der Waals surface area contributed by atoms with Gasteiger partial charge in [-0.2, -0.15) is 0 Å². The molecule has 1 fully saturated rings. The molecule has 2 N–H and O–H groups in total. The average Bonchev–Trinajstić information content (AvgIpc) is 2.77. The molecule has 1 aromatic rings. The third-order valence-corrected chi connectivity index (χ3v) is 3.38. The van der Waals surface area contributed by atoms with Crippen LogP contribution in [-0.2, 0) is 0 Å². The first-order valence-electron chi connectivity index (χ1n) is 6.47. The molecule has 1 amide bonds. The molecule has 1 aliphatic heterocycles. The Balaban J connectivity index is 2.32. The second-order valence-corrected chi connectivity index (χ2v) is 4.65. The van der Waals surface area contributed by atoms with E-state index in [1.165, 1.54) is 0 Å². The van der Waals surface area contributed by atoms with Gasteiger partial charge in [-0.1, -0.05) is 6.07 Å². The molecular formula is C14H20N2O2. The highest BCUT2D eigenvalue weighted by atomic mass is 16.5. The van der Waals surface area contributed by atoms with Crippen LogP contribution in [0, 0.1) is 0 Å². The highest BCUT2D eigenvalue weighted by Gasteiger charge is 2.28. The van der Waals surface area contributed by atoms with E-state index < -0.39 is 0 Å². The zero-order valence-electron chi connectivity index (χ0n) is 11.0. The third-order valence-electron chi connectivity index (χ3n) is 3.38. The number of hydrogen-bond donors (Lipinski definition) is 1. The number of rotatable bonds is 3. The van der Waals surface area contributed by atoms with Crippen molar-refractivity contribution in [3.05, 3.63) is 23.8 Å². The van der Waals surface area contributed by atoms with Crippen LogP contribution in [-0.4, -0.2) is 30.0 Å². The maximum atomic E-state index is 12.5. The van der Waals surface area contributed by atoms with Gasteiger partial charge in [-0.25, -0.2) is 0 Å². The van der Waals surface area contributed by atoms with Gasteiger partial charge in [-0.05, 0) is 38.8 Å². The lowest BCUT2D eigenvalue weighted by atomic mass is 10.1. The molecule has 4 heteroatoms. The lowest BCUT2D eigenvalue weighted by Crippen LogP contribution is -2.34. The summed E-state index contributed by atoms with van der Waals surface area (Å²) in [7, 11) is 0. The Kier molecular flexibility index (Phi) is 3.75. The molecule has 1 aliphatic rings. The van der Waals surface area contributed by atoms with Gasteiger partial charge < -0.3 is 15.4 Å². The Morgan fingerprint density at radius 3 is 2.94 bits per heavy atom. The van der Waals surface area contributed by atoms with Crippen molar-refractivity contribution in [3.63, 3.8) is 0 Å². The quantitative estimate of drug-likeness (QED) is 0.835. The molecule has 0 aliphatic carbocycles. The molecule has 0 bridgehead atoms. The Morgan fingerprint density at radius 1 is 1.56 bits per heavy atom. The minimum absolute atomic E-state index is 0.0238. The number of nitrogen functional groups attached to an aromatic ring is 1. The fraction of sp³-hybridized carbons (Fsp3) is 0.500. The Hall–Kier alpha value is -1.71. The number of carbonyl (C=O) groups excluding carboxylic acids is 1. The van der Waals surface area contributed by atoms with Crippen LogP contribution in [0.15, 0.2) is 18.2 Å². The van der Waals surface area contributed by atoms with Crippen LogP contribution < -0.4 is 10.5 Å². The van der Waals surface area contributed by atoms with Gasteiger partial charge in [0.1, 0.15) is 0 Å². The summed E-state index contributed by atoms with van der Waals surface area (Å²) in [5.74, 6) is 0.542. The fourth-order valence-electron chi connectivity index (χ4n) is 2.42. The summed E-state index contributed by atoms with van der Waals surface area (Å²) in [6, 6.07) is 5.64. The van der Waals surface area contributed by atoms with Crippen molar-refractivity contribution in [1.29, 1.82) is 0 Å². The van der Waals surface area contributed by atoms with Crippen LogP contribution in [0.3, 0.4) is 0 Å². The SMILES string of the molecule is CCOc1c(N)cccc1C(=O)N1CCCC1C. The smallest absolute Gasteiger partial charge is 0.257 e. The first-order valence-corrected chi connectivity index (χ1v) is 6.47. The summed E-state index contributed by atoms with van der Waals surface area (Å²) in [6.07, 6.45) is 2.14. The number of para-hydroxylation sites is 1. The molecule has 1 heterocycles. The van der Waals surface area contributed by atoms with Gasteiger partial charge in [0.2, 0.25) is 0 Å². The molecule has 1 aromatic carbocycles. The molecule has 0 radical (unpaired) electrons. The highest BCUT2D eigenvalue weighted by Crippen LogP contribution is 2.29. The van der Waals surface area contributed by atoms with Crippen LogP contribution in [0.25, 0.3) is 0 Å². The number of likely N-dealkylation sites (tertiary alicyclic amines) is 1. The zero-order valence-corrected chi connectivity index (χ0v) is 11.0. The largest absolute Gasteiger partial charge is 0.491 e. The molecule has 0 aromatic heterocycles. The van der Waals surface area contributed by atoms with E-state index in [2.05, 4.69) is 6.92 Å². The van der Waals surface area contributed by atoms with Gasteiger partial charge in [-0.15, -0.1) is 0 Å². The molecule has 18 heavy (non-hydrogen) atoms. The predicted molar refractivity (Wildman–Crippen MR) is 71.8 cm³/mol. The lowest BCUT2D eigenvalue weighted by molar-refractivity contribution is 0.0743. The number of hydrogen-bond acceptors (Lipinski definition) is 3. The molecule has 2 rings (SSSR count). The first kappa shape index (κ1) is 12.7. The summed E-state index contributed by atoms with van der Waals surface area (Å²) in [5, 5.41) is 0. The minimum Gasteiger partial charge on any atom is -0.491 e. The molecule has 98 valence electrons. The fourth-order valence-corrected chi connectivity index (χ4v) is 2.42. The van der Waals surface area contributed by atoms with Crippen LogP contribution in [0.1, 0.15) is 37.0 Å². The van der Waals surface area contributed by atoms with Gasteiger partial charge in [0.15, 0.2) is 5.75 Å². The number of ether oxygens (including phenoxy) is 1. The standard InChI is InChI=1S/C14H20N2O2/c1-3-18-13-11(7-4-8-12(13)15)14(17)16-9-5-6-10(16)2/h4,7-8,10H,3,5-6,9,15H2,1-2H3. The minimum atomic E-state index is 0.0238. The van der Waals surface area contributed by atoms with Gasteiger partial charge in [0, 0.05) is 12.6 Å². The van der Waals surface area contributed by atoms with E-state index in [4.69, 9.17) is 10.5 Å². The Bertz CT molecular complexity index is 445. The normalized spacial score (nSPS) is 19.0. The number of carbonyl (C=O) groups is 1. The van der Waals surface area contributed by atoms with E-state index >= 15 is 0 Å². The maximum Gasteiger partial charge on any atom is 0.257 e. The first-order chi connectivity index (χ1) is 8.65. The van der Waals surface area contributed by atoms with E-state index in [-0.39, 0.29) is 5.91 Å². The van der Waals surface area contributed by atoms with E-state index in [1.807, 2.05) is 11.8 Å². The average molecular weight is 248 g/mol. The van der Waals surface area contributed by atoms with Crippen LogP contribution in [0.2, 0.25) is 0 Å². The highest BCUT2D eigenvalue weighted by molar-refractivity contribution is 5.99. The van der Waals surface area contributed by atoms with Crippen molar-refractivity contribution in [3.8, 4) is 5.75 Å².